The number of nitrogens with zero attached hydrogens (tertiary/aromatic N) is 4. The van der Waals surface area contributed by atoms with Crippen LogP contribution in [0, 0.1) is 6.92 Å². The minimum Gasteiger partial charge on any atom is -0.308 e. The van der Waals surface area contributed by atoms with Crippen LogP contribution in [-0.2, 0) is 21.7 Å². The summed E-state index contributed by atoms with van der Waals surface area (Å²) in [6, 6.07) is 16.9. The van der Waals surface area contributed by atoms with E-state index >= 15 is 0 Å². The number of aromatic nitrogens is 3. The molecule has 1 aromatic heterocycles. The molecule has 0 spiro atoms. The maximum atomic E-state index is 13.2. The lowest BCUT2D eigenvalue weighted by molar-refractivity contribution is -0.116. The number of benzene rings is 2. The summed E-state index contributed by atoms with van der Waals surface area (Å²) in [6.07, 6.45) is 0.454. The number of amides is 1. The second-order valence-electron chi connectivity index (χ2n) is 7.68. The van der Waals surface area contributed by atoms with Gasteiger partial charge in [0.05, 0.1) is 23.3 Å². The second kappa shape index (κ2) is 8.84. The average Bonchev–Trinajstić information content (AvgIpc) is 3.30. The summed E-state index contributed by atoms with van der Waals surface area (Å²) in [5.74, 6) is 0.852. The Labute approximate surface area is 186 Å². The van der Waals surface area contributed by atoms with Crippen molar-refractivity contribution in [1.29, 1.82) is 0 Å². The van der Waals surface area contributed by atoms with Gasteiger partial charge in [0.15, 0.2) is 20.8 Å². The molecule has 1 aliphatic heterocycles. The van der Waals surface area contributed by atoms with Gasteiger partial charge in [0.2, 0.25) is 5.91 Å². The van der Waals surface area contributed by atoms with Gasteiger partial charge in [0.1, 0.15) is 0 Å². The van der Waals surface area contributed by atoms with Crippen molar-refractivity contribution < 1.29 is 13.2 Å². The number of thioether (sulfide) groups is 1. The van der Waals surface area contributed by atoms with E-state index in [9.17, 15) is 13.2 Å². The molecule has 1 aliphatic rings. The third-order valence-electron chi connectivity index (χ3n) is 5.35. The predicted molar refractivity (Wildman–Crippen MR) is 123 cm³/mol. The largest absolute Gasteiger partial charge is 0.308 e. The molecule has 1 fully saturated rings. The lowest BCUT2D eigenvalue weighted by atomic mass is 10.1. The summed E-state index contributed by atoms with van der Waals surface area (Å²) in [5.41, 5.74) is 2.84. The molecule has 1 amide bonds. The van der Waals surface area contributed by atoms with Crippen LogP contribution in [0.4, 0.5) is 5.69 Å². The molecule has 2 aromatic carbocycles. The molecule has 4 rings (SSSR count). The molecule has 1 atom stereocenters. The summed E-state index contributed by atoms with van der Waals surface area (Å²) in [4.78, 5) is 14.8. The van der Waals surface area contributed by atoms with Gasteiger partial charge in [-0.05, 0) is 25.5 Å². The maximum absolute atomic E-state index is 13.2. The average molecular weight is 457 g/mol. The number of carbonyl (C=O) groups is 1. The van der Waals surface area contributed by atoms with E-state index in [4.69, 9.17) is 0 Å². The van der Waals surface area contributed by atoms with Gasteiger partial charge in [-0.1, -0.05) is 59.8 Å². The first kappa shape index (κ1) is 21.6. The number of anilines is 1. The van der Waals surface area contributed by atoms with Gasteiger partial charge in [0, 0.05) is 18.3 Å². The molecular formula is C22H24N4O3S2. The highest BCUT2D eigenvalue weighted by atomic mass is 32.2. The van der Waals surface area contributed by atoms with Crippen molar-refractivity contribution in [1.82, 2.24) is 14.8 Å². The standard InChI is InChI=1S/C22H24N4O3S2/c1-16-8-10-17(11-9-16)21-23-24-22(25(21)2)30-14-20(27)26(18-6-4-3-5-7-18)19-12-13-31(28,29)15-19/h3-11,19H,12-15H2,1-2H3/t19-/m0/s1. The first-order valence-corrected chi connectivity index (χ1v) is 12.8. The Hall–Kier alpha value is -2.65. The Morgan fingerprint density at radius 2 is 1.84 bits per heavy atom. The molecule has 0 radical (unpaired) electrons. The Kier molecular flexibility index (Phi) is 6.15. The van der Waals surface area contributed by atoms with Crippen LogP contribution in [0.25, 0.3) is 11.4 Å². The molecule has 0 unspecified atom stereocenters. The Bertz CT molecular complexity index is 1180. The van der Waals surface area contributed by atoms with E-state index in [1.54, 1.807) is 4.90 Å². The topological polar surface area (TPSA) is 85.2 Å². The van der Waals surface area contributed by atoms with E-state index in [0.29, 0.717) is 17.3 Å². The number of hydrogen-bond donors (Lipinski definition) is 0. The zero-order valence-corrected chi connectivity index (χ0v) is 19.1. The minimum atomic E-state index is -3.11. The fourth-order valence-corrected chi connectivity index (χ4v) is 6.19. The zero-order chi connectivity index (χ0) is 22.0. The molecule has 9 heteroatoms. The van der Waals surface area contributed by atoms with E-state index in [1.807, 2.05) is 73.1 Å². The van der Waals surface area contributed by atoms with Crippen molar-refractivity contribution in [2.75, 3.05) is 22.2 Å². The number of carbonyl (C=O) groups excluding carboxylic acids is 1. The van der Waals surface area contributed by atoms with E-state index in [2.05, 4.69) is 10.2 Å². The van der Waals surface area contributed by atoms with E-state index in [-0.39, 0.29) is 29.2 Å². The van der Waals surface area contributed by atoms with E-state index in [1.165, 1.54) is 17.3 Å². The SMILES string of the molecule is Cc1ccc(-c2nnc(SCC(=O)N(c3ccccc3)[C@H]3CCS(=O)(=O)C3)n2C)cc1. The third-order valence-corrected chi connectivity index (χ3v) is 8.10. The fraction of sp³-hybridized carbons (Fsp3) is 0.318. The lowest BCUT2D eigenvalue weighted by Crippen LogP contribution is -2.42. The number of para-hydroxylation sites is 1. The molecule has 0 aliphatic carbocycles. The first-order valence-electron chi connectivity index (χ1n) is 10.0. The molecule has 1 saturated heterocycles. The van der Waals surface area contributed by atoms with E-state index in [0.717, 1.165) is 11.4 Å². The van der Waals surface area contributed by atoms with Gasteiger partial charge in [-0.3, -0.25) is 4.79 Å². The molecule has 31 heavy (non-hydrogen) atoms. The van der Waals surface area contributed by atoms with Crippen LogP contribution < -0.4 is 4.90 Å². The molecule has 7 nitrogen and oxygen atoms in total. The Balaban J connectivity index is 1.51. The van der Waals surface area contributed by atoms with Crippen LogP contribution in [0.3, 0.4) is 0 Å². The van der Waals surface area contributed by atoms with Crippen molar-refractivity contribution in [2.24, 2.45) is 7.05 Å². The molecule has 2 heterocycles. The van der Waals surface area contributed by atoms with Crippen molar-refractivity contribution in [3.8, 4) is 11.4 Å². The Morgan fingerprint density at radius 1 is 1.13 bits per heavy atom. The normalized spacial score (nSPS) is 17.5. The quantitative estimate of drug-likeness (QED) is 0.530. The van der Waals surface area contributed by atoms with Crippen LogP contribution in [0.15, 0.2) is 59.8 Å². The highest BCUT2D eigenvalue weighted by Gasteiger charge is 2.35. The molecular weight excluding hydrogens is 432 g/mol. The third kappa shape index (κ3) is 4.83. The zero-order valence-electron chi connectivity index (χ0n) is 17.4. The lowest BCUT2D eigenvalue weighted by Gasteiger charge is -2.28. The van der Waals surface area contributed by atoms with Crippen molar-refractivity contribution in [2.45, 2.75) is 24.5 Å². The molecule has 0 bridgehead atoms. The summed E-state index contributed by atoms with van der Waals surface area (Å²) >= 11 is 1.30. The van der Waals surface area contributed by atoms with Crippen LogP contribution >= 0.6 is 11.8 Å². The Morgan fingerprint density at radius 3 is 2.48 bits per heavy atom. The van der Waals surface area contributed by atoms with Gasteiger partial charge in [-0.2, -0.15) is 0 Å². The van der Waals surface area contributed by atoms with Crippen LogP contribution in [0.1, 0.15) is 12.0 Å². The molecule has 0 saturated carbocycles. The number of sulfone groups is 1. The van der Waals surface area contributed by atoms with Crippen molar-refractivity contribution in [3.63, 3.8) is 0 Å². The number of hydrogen-bond acceptors (Lipinski definition) is 6. The van der Waals surface area contributed by atoms with Gasteiger partial charge in [-0.25, -0.2) is 8.42 Å². The minimum absolute atomic E-state index is 0.000165. The van der Waals surface area contributed by atoms with Gasteiger partial charge in [-0.15, -0.1) is 10.2 Å². The summed E-state index contributed by atoms with van der Waals surface area (Å²) in [6.45, 7) is 2.03. The van der Waals surface area contributed by atoms with Crippen molar-refractivity contribution >= 4 is 33.2 Å². The summed E-state index contributed by atoms with van der Waals surface area (Å²) in [7, 11) is -1.24. The van der Waals surface area contributed by atoms with Crippen LogP contribution in [0.2, 0.25) is 0 Å². The highest BCUT2D eigenvalue weighted by Crippen LogP contribution is 2.27. The van der Waals surface area contributed by atoms with Crippen molar-refractivity contribution in [3.05, 3.63) is 60.2 Å². The fourth-order valence-electron chi connectivity index (χ4n) is 3.72. The van der Waals surface area contributed by atoms with Crippen LogP contribution in [0.5, 0.6) is 0 Å². The molecule has 162 valence electrons. The van der Waals surface area contributed by atoms with Gasteiger partial charge >= 0.3 is 0 Å². The molecule has 0 N–H and O–H groups in total. The van der Waals surface area contributed by atoms with Gasteiger partial charge < -0.3 is 9.47 Å². The summed E-state index contributed by atoms with van der Waals surface area (Å²) < 4.78 is 25.9. The first-order chi connectivity index (χ1) is 14.8. The van der Waals surface area contributed by atoms with Crippen LogP contribution in [-0.4, -0.2) is 52.4 Å². The maximum Gasteiger partial charge on any atom is 0.237 e. The van der Waals surface area contributed by atoms with Gasteiger partial charge in [0.25, 0.3) is 0 Å². The second-order valence-corrected chi connectivity index (χ2v) is 10.8. The monoisotopic (exact) mass is 456 g/mol. The summed E-state index contributed by atoms with van der Waals surface area (Å²) in [5, 5.41) is 9.16. The molecule has 3 aromatic rings. The smallest absolute Gasteiger partial charge is 0.237 e. The predicted octanol–water partition coefficient (Wildman–Crippen LogP) is 3.10. The number of aryl methyl sites for hydroxylation is 1. The highest BCUT2D eigenvalue weighted by molar-refractivity contribution is 7.99. The number of rotatable bonds is 6. The van der Waals surface area contributed by atoms with E-state index < -0.39 is 9.84 Å².